The predicted molar refractivity (Wildman–Crippen MR) is 112 cm³/mol. The zero-order chi connectivity index (χ0) is 19.3. The highest BCUT2D eigenvalue weighted by Crippen LogP contribution is 2.21. The van der Waals surface area contributed by atoms with E-state index < -0.39 is 0 Å². The van der Waals surface area contributed by atoms with Crippen LogP contribution in [0.4, 0.5) is 0 Å². The zero-order valence-electron chi connectivity index (χ0n) is 16.4. The van der Waals surface area contributed by atoms with Gasteiger partial charge in [0.2, 0.25) is 0 Å². The molecule has 0 amide bonds. The van der Waals surface area contributed by atoms with E-state index in [1.165, 1.54) is 25.7 Å². The van der Waals surface area contributed by atoms with Gasteiger partial charge in [-0.15, -0.1) is 0 Å². The first-order valence-corrected chi connectivity index (χ1v) is 10.4. The van der Waals surface area contributed by atoms with Crippen LogP contribution in [-0.2, 0) is 0 Å². The number of carbonyl (C=O) groups is 2. The molecule has 2 fully saturated rings. The van der Waals surface area contributed by atoms with Gasteiger partial charge in [0.25, 0.3) is 0 Å². The maximum atomic E-state index is 12.4. The van der Waals surface area contributed by atoms with E-state index in [4.69, 9.17) is 0 Å². The second-order valence-corrected chi connectivity index (χ2v) is 7.97. The van der Waals surface area contributed by atoms with Crippen LogP contribution in [0.25, 0.3) is 11.1 Å². The quantitative estimate of drug-likeness (QED) is 0.687. The fourth-order valence-corrected chi connectivity index (χ4v) is 4.17. The van der Waals surface area contributed by atoms with E-state index in [-0.39, 0.29) is 11.6 Å². The Bertz CT molecular complexity index is 743. The Hall–Kier alpha value is -2.30. The lowest BCUT2D eigenvalue weighted by Crippen LogP contribution is -2.26. The van der Waals surface area contributed by atoms with E-state index in [0.29, 0.717) is 13.1 Å². The number of benzene rings is 2. The van der Waals surface area contributed by atoms with Crippen molar-refractivity contribution in [2.75, 3.05) is 39.3 Å². The lowest BCUT2D eigenvalue weighted by molar-refractivity contribution is 0.0937. The molecule has 0 saturated carbocycles. The Balaban J connectivity index is 1.38. The number of hydrogen-bond donors (Lipinski definition) is 0. The summed E-state index contributed by atoms with van der Waals surface area (Å²) in [4.78, 5) is 29.3. The fraction of sp³-hybridized carbons (Fsp3) is 0.417. The monoisotopic (exact) mass is 376 g/mol. The summed E-state index contributed by atoms with van der Waals surface area (Å²) in [5.41, 5.74) is 3.67. The summed E-state index contributed by atoms with van der Waals surface area (Å²) in [6, 6.07) is 15.7. The third-order valence-electron chi connectivity index (χ3n) is 5.88. The van der Waals surface area contributed by atoms with Crippen molar-refractivity contribution in [3.8, 4) is 11.1 Å². The minimum atomic E-state index is 0.191. The minimum Gasteiger partial charge on any atom is -0.296 e. The first kappa shape index (κ1) is 19.0. The fourth-order valence-electron chi connectivity index (χ4n) is 4.17. The summed E-state index contributed by atoms with van der Waals surface area (Å²) in [6.45, 7) is 5.18. The second kappa shape index (κ2) is 8.80. The standard InChI is InChI=1S/C24H28N2O2/c27-23(17-25-13-1-2-14-25)21-9-5-19(6-10-21)20-7-11-22(12-8-20)24(28)18-26-15-3-4-16-26/h5-12H,1-4,13-18H2. The van der Waals surface area contributed by atoms with Gasteiger partial charge in [-0.3, -0.25) is 19.4 Å². The molecule has 0 spiro atoms. The molecule has 0 unspecified atom stereocenters. The van der Waals surface area contributed by atoms with Gasteiger partial charge >= 0.3 is 0 Å². The van der Waals surface area contributed by atoms with Crippen molar-refractivity contribution < 1.29 is 9.59 Å². The molecule has 2 aromatic carbocycles. The Morgan fingerprint density at radius 2 is 0.893 bits per heavy atom. The minimum absolute atomic E-state index is 0.191. The van der Waals surface area contributed by atoms with Crippen molar-refractivity contribution >= 4 is 11.6 Å². The van der Waals surface area contributed by atoms with Crippen molar-refractivity contribution in [3.05, 3.63) is 59.7 Å². The van der Waals surface area contributed by atoms with E-state index in [2.05, 4.69) is 9.80 Å². The number of hydrogen-bond acceptors (Lipinski definition) is 4. The molecule has 4 heteroatoms. The van der Waals surface area contributed by atoms with Crippen LogP contribution in [0, 0.1) is 0 Å². The highest BCUT2D eigenvalue weighted by molar-refractivity contribution is 5.99. The molecular formula is C24H28N2O2. The van der Waals surface area contributed by atoms with E-state index in [0.717, 1.165) is 48.4 Å². The van der Waals surface area contributed by atoms with Crippen LogP contribution in [0.2, 0.25) is 0 Å². The van der Waals surface area contributed by atoms with Gasteiger partial charge in [-0.05, 0) is 63.0 Å². The molecule has 0 N–H and O–H groups in total. The van der Waals surface area contributed by atoms with Crippen LogP contribution in [0.3, 0.4) is 0 Å². The summed E-state index contributed by atoms with van der Waals surface area (Å²) in [7, 11) is 0. The lowest BCUT2D eigenvalue weighted by atomic mass is 10.00. The molecule has 0 bridgehead atoms. The normalized spacial score (nSPS) is 17.9. The van der Waals surface area contributed by atoms with Gasteiger partial charge in [-0.1, -0.05) is 48.5 Å². The summed E-state index contributed by atoms with van der Waals surface area (Å²) < 4.78 is 0. The van der Waals surface area contributed by atoms with Crippen LogP contribution in [-0.4, -0.2) is 60.6 Å². The molecule has 0 radical (unpaired) electrons. The largest absolute Gasteiger partial charge is 0.296 e. The molecule has 4 rings (SSSR count). The van der Waals surface area contributed by atoms with Gasteiger partial charge in [-0.25, -0.2) is 0 Å². The van der Waals surface area contributed by atoms with Crippen molar-refractivity contribution in [3.63, 3.8) is 0 Å². The molecule has 2 aliphatic heterocycles. The Labute approximate surface area is 167 Å². The molecule has 0 aliphatic carbocycles. The van der Waals surface area contributed by atoms with Crippen LogP contribution in [0.1, 0.15) is 46.4 Å². The van der Waals surface area contributed by atoms with Crippen molar-refractivity contribution in [2.24, 2.45) is 0 Å². The Morgan fingerprint density at radius 1 is 0.571 bits per heavy atom. The van der Waals surface area contributed by atoms with Gasteiger partial charge in [0.15, 0.2) is 11.6 Å². The van der Waals surface area contributed by atoms with Gasteiger partial charge < -0.3 is 0 Å². The summed E-state index contributed by atoms with van der Waals surface area (Å²) in [5, 5.41) is 0. The average molecular weight is 377 g/mol. The molecule has 0 aromatic heterocycles. The van der Waals surface area contributed by atoms with Gasteiger partial charge in [-0.2, -0.15) is 0 Å². The lowest BCUT2D eigenvalue weighted by Gasteiger charge is -2.14. The van der Waals surface area contributed by atoms with E-state index in [1.54, 1.807) is 0 Å². The highest BCUT2D eigenvalue weighted by Gasteiger charge is 2.17. The molecule has 2 saturated heterocycles. The molecule has 2 aromatic rings. The highest BCUT2D eigenvalue weighted by atomic mass is 16.1. The van der Waals surface area contributed by atoms with E-state index >= 15 is 0 Å². The van der Waals surface area contributed by atoms with Gasteiger partial charge in [0.1, 0.15) is 0 Å². The number of likely N-dealkylation sites (tertiary alicyclic amines) is 2. The predicted octanol–water partition coefficient (Wildman–Crippen LogP) is 3.91. The molecule has 28 heavy (non-hydrogen) atoms. The average Bonchev–Trinajstić information content (AvgIpc) is 3.42. The Morgan fingerprint density at radius 3 is 1.21 bits per heavy atom. The van der Waals surface area contributed by atoms with Gasteiger partial charge in [0, 0.05) is 11.1 Å². The smallest absolute Gasteiger partial charge is 0.176 e. The first-order chi connectivity index (χ1) is 13.7. The van der Waals surface area contributed by atoms with Crippen LogP contribution >= 0.6 is 0 Å². The van der Waals surface area contributed by atoms with Crippen molar-refractivity contribution in [1.29, 1.82) is 0 Å². The zero-order valence-corrected chi connectivity index (χ0v) is 16.4. The molecule has 0 atom stereocenters. The van der Waals surface area contributed by atoms with E-state index in [9.17, 15) is 9.59 Å². The summed E-state index contributed by atoms with van der Waals surface area (Å²) in [6.07, 6.45) is 4.79. The van der Waals surface area contributed by atoms with Crippen LogP contribution < -0.4 is 0 Å². The first-order valence-electron chi connectivity index (χ1n) is 10.4. The maximum Gasteiger partial charge on any atom is 0.176 e. The molecular weight excluding hydrogens is 348 g/mol. The van der Waals surface area contributed by atoms with Crippen molar-refractivity contribution in [2.45, 2.75) is 25.7 Å². The maximum absolute atomic E-state index is 12.4. The third-order valence-corrected chi connectivity index (χ3v) is 5.88. The molecule has 2 heterocycles. The number of carbonyl (C=O) groups excluding carboxylic acids is 2. The number of rotatable bonds is 7. The number of nitrogens with zero attached hydrogens (tertiary/aromatic N) is 2. The van der Waals surface area contributed by atoms with Crippen LogP contribution in [0.5, 0.6) is 0 Å². The third kappa shape index (κ3) is 4.57. The molecule has 4 nitrogen and oxygen atoms in total. The van der Waals surface area contributed by atoms with Crippen molar-refractivity contribution in [1.82, 2.24) is 9.80 Å². The summed E-state index contributed by atoms with van der Waals surface area (Å²) >= 11 is 0. The SMILES string of the molecule is O=C(CN1CCCC1)c1ccc(-c2ccc(C(=O)CN3CCCC3)cc2)cc1. The Kier molecular flexibility index (Phi) is 5.98. The molecule has 146 valence electrons. The van der Waals surface area contributed by atoms with Gasteiger partial charge in [0.05, 0.1) is 13.1 Å². The molecule has 2 aliphatic rings. The van der Waals surface area contributed by atoms with E-state index in [1.807, 2.05) is 48.5 Å². The summed E-state index contributed by atoms with van der Waals surface area (Å²) in [5.74, 6) is 0.382. The number of ketones is 2. The second-order valence-electron chi connectivity index (χ2n) is 7.97. The van der Waals surface area contributed by atoms with Crippen LogP contribution in [0.15, 0.2) is 48.5 Å². The number of Topliss-reactive ketones (excluding diaryl/α,β-unsaturated/α-hetero) is 2. The topological polar surface area (TPSA) is 40.6 Å².